The average Bonchev–Trinajstić information content (AvgIpc) is 2.90. The van der Waals surface area contributed by atoms with E-state index in [0.717, 1.165) is 18.4 Å². The van der Waals surface area contributed by atoms with Crippen LogP contribution in [0.25, 0.3) is 0 Å². The van der Waals surface area contributed by atoms with Crippen LogP contribution < -0.4 is 10.6 Å². The zero-order valence-electron chi connectivity index (χ0n) is 11.4. The van der Waals surface area contributed by atoms with Crippen LogP contribution in [0.5, 0.6) is 0 Å². The van der Waals surface area contributed by atoms with E-state index < -0.39 is 5.60 Å². The van der Waals surface area contributed by atoms with Crippen molar-refractivity contribution < 1.29 is 9.90 Å². The molecule has 1 unspecified atom stereocenters. The molecule has 19 heavy (non-hydrogen) atoms. The standard InChI is InChI=1S/C15H22N2O2/c1-15(19,12-7-3-2-4-8-12)11-16-14(18)17-13-9-5-6-10-13/h2-4,7-8,13,19H,5-6,9-11H2,1H3,(H2,16,17,18). The first kappa shape index (κ1) is 13.9. The number of amides is 2. The van der Waals surface area contributed by atoms with Gasteiger partial charge >= 0.3 is 6.03 Å². The van der Waals surface area contributed by atoms with Crippen molar-refractivity contribution in [3.05, 3.63) is 35.9 Å². The van der Waals surface area contributed by atoms with Crippen LogP contribution in [0.1, 0.15) is 38.2 Å². The summed E-state index contributed by atoms with van der Waals surface area (Å²) in [4.78, 5) is 11.7. The zero-order valence-corrected chi connectivity index (χ0v) is 11.4. The molecule has 1 aromatic rings. The lowest BCUT2D eigenvalue weighted by atomic mass is 9.96. The molecule has 0 spiro atoms. The minimum Gasteiger partial charge on any atom is -0.384 e. The normalized spacial score (nSPS) is 18.8. The van der Waals surface area contributed by atoms with Gasteiger partial charge in [-0.3, -0.25) is 0 Å². The maximum Gasteiger partial charge on any atom is 0.315 e. The van der Waals surface area contributed by atoms with Crippen LogP contribution in [0.3, 0.4) is 0 Å². The van der Waals surface area contributed by atoms with E-state index in [1.165, 1.54) is 12.8 Å². The molecule has 1 aliphatic carbocycles. The maximum absolute atomic E-state index is 11.7. The molecule has 1 saturated carbocycles. The molecular weight excluding hydrogens is 240 g/mol. The van der Waals surface area contributed by atoms with Crippen molar-refractivity contribution in [2.75, 3.05) is 6.54 Å². The quantitative estimate of drug-likeness (QED) is 0.778. The Bertz CT molecular complexity index is 411. The number of aliphatic hydroxyl groups is 1. The minimum absolute atomic E-state index is 0.192. The van der Waals surface area contributed by atoms with E-state index in [0.29, 0.717) is 6.04 Å². The third-order valence-electron chi connectivity index (χ3n) is 3.68. The highest BCUT2D eigenvalue weighted by atomic mass is 16.3. The molecule has 0 radical (unpaired) electrons. The molecule has 1 aliphatic rings. The monoisotopic (exact) mass is 262 g/mol. The number of benzene rings is 1. The Labute approximate surface area is 114 Å². The molecule has 0 aromatic heterocycles. The number of hydrogen-bond donors (Lipinski definition) is 3. The van der Waals surface area contributed by atoms with Crippen molar-refractivity contribution in [2.24, 2.45) is 0 Å². The molecule has 1 atom stereocenters. The fourth-order valence-corrected chi connectivity index (χ4v) is 2.46. The lowest BCUT2D eigenvalue weighted by Gasteiger charge is -2.24. The summed E-state index contributed by atoms with van der Waals surface area (Å²) in [7, 11) is 0. The van der Waals surface area contributed by atoms with Crippen molar-refractivity contribution >= 4 is 6.03 Å². The van der Waals surface area contributed by atoms with E-state index in [2.05, 4.69) is 10.6 Å². The van der Waals surface area contributed by atoms with Gasteiger partial charge in [-0.1, -0.05) is 43.2 Å². The Kier molecular flexibility index (Phi) is 4.43. The lowest BCUT2D eigenvalue weighted by molar-refractivity contribution is 0.0592. The van der Waals surface area contributed by atoms with Crippen LogP contribution >= 0.6 is 0 Å². The number of carbonyl (C=O) groups is 1. The first-order valence-electron chi connectivity index (χ1n) is 6.90. The van der Waals surface area contributed by atoms with Gasteiger partial charge in [0.25, 0.3) is 0 Å². The largest absolute Gasteiger partial charge is 0.384 e. The summed E-state index contributed by atoms with van der Waals surface area (Å²) in [6, 6.07) is 9.47. The molecule has 4 nitrogen and oxygen atoms in total. The van der Waals surface area contributed by atoms with Crippen molar-refractivity contribution in [3.8, 4) is 0 Å². The number of urea groups is 1. The predicted molar refractivity (Wildman–Crippen MR) is 74.8 cm³/mol. The molecule has 0 heterocycles. The number of rotatable bonds is 4. The summed E-state index contributed by atoms with van der Waals surface area (Å²) in [6.45, 7) is 1.91. The van der Waals surface area contributed by atoms with Crippen molar-refractivity contribution in [1.29, 1.82) is 0 Å². The minimum atomic E-state index is -1.05. The fourth-order valence-electron chi connectivity index (χ4n) is 2.46. The van der Waals surface area contributed by atoms with E-state index in [9.17, 15) is 9.90 Å². The highest BCUT2D eigenvalue weighted by Crippen LogP contribution is 2.19. The van der Waals surface area contributed by atoms with Crippen LogP contribution in [0.15, 0.2) is 30.3 Å². The Balaban J connectivity index is 1.82. The first-order valence-corrected chi connectivity index (χ1v) is 6.90. The van der Waals surface area contributed by atoms with Crippen LogP contribution in [-0.4, -0.2) is 23.7 Å². The van der Waals surface area contributed by atoms with Gasteiger partial charge in [0, 0.05) is 6.04 Å². The molecule has 0 aliphatic heterocycles. The van der Waals surface area contributed by atoms with Gasteiger partial charge in [0.2, 0.25) is 0 Å². The highest BCUT2D eigenvalue weighted by molar-refractivity contribution is 5.74. The summed E-state index contributed by atoms with van der Waals surface area (Å²) in [5.74, 6) is 0. The predicted octanol–water partition coefficient (Wildman–Crippen LogP) is 2.14. The zero-order chi connectivity index (χ0) is 13.7. The molecule has 2 amide bonds. The summed E-state index contributed by atoms with van der Waals surface area (Å²) in [5.41, 5.74) is -0.245. The van der Waals surface area contributed by atoms with Gasteiger partial charge < -0.3 is 15.7 Å². The SMILES string of the molecule is CC(O)(CNC(=O)NC1CCCC1)c1ccccc1. The van der Waals surface area contributed by atoms with E-state index >= 15 is 0 Å². The third kappa shape index (κ3) is 3.96. The van der Waals surface area contributed by atoms with Crippen molar-refractivity contribution in [2.45, 2.75) is 44.2 Å². The Morgan fingerprint density at radius 3 is 2.58 bits per heavy atom. The van der Waals surface area contributed by atoms with E-state index in [-0.39, 0.29) is 12.6 Å². The third-order valence-corrected chi connectivity index (χ3v) is 3.68. The molecule has 1 fully saturated rings. The van der Waals surface area contributed by atoms with Crippen molar-refractivity contribution in [3.63, 3.8) is 0 Å². The Morgan fingerprint density at radius 1 is 1.32 bits per heavy atom. The van der Waals surface area contributed by atoms with Crippen molar-refractivity contribution in [1.82, 2.24) is 10.6 Å². The van der Waals surface area contributed by atoms with E-state index in [4.69, 9.17) is 0 Å². The number of nitrogens with one attached hydrogen (secondary N) is 2. The van der Waals surface area contributed by atoms with E-state index in [1.807, 2.05) is 30.3 Å². The molecule has 2 rings (SSSR count). The van der Waals surface area contributed by atoms with Gasteiger partial charge in [0.15, 0.2) is 0 Å². The average molecular weight is 262 g/mol. The van der Waals surface area contributed by atoms with Crippen LogP contribution in [-0.2, 0) is 5.60 Å². The fraction of sp³-hybridized carbons (Fsp3) is 0.533. The summed E-state index contributed by atoms with van der Waals surface area (Å²) >= 11 is 0. The van der Waals surface area contributed by atoms with Gasteiger partial charge in [0.1, 0.15) is 5.60 Å². The summed E-state index contributed by atoms with van der Waals surface area (Å²) < 4.78 is 0. The van der Waals surface area contributed by atoms with Crippen LogP contribution in [0.4, 0.5) is 4.79 Å². The summed E-state index contributed by atoms with van der Waals surface area (Å²) in [6.07, 6.45) is 4.49. The van der Waals surface area contributed by atoms with Crippen LogP contribution in [0, 0.1) is 0 Å². The van der Waals surface area contributed by atoms with Gasteiger partial charge in [-0.05, 0) is 25.3 Å². The molecule has 0 bridgehead atoms. The molecule has 4 heteroatoms. The lowest BCUT2D eigenvalue weighted by Crippen LogP contribution is -2.46. The topological polar surface area (TPSA) is 61.4 Å². The maximum atomic E-state index is 11.7. The molecule has 104 valence electrons. The molecule has 1 aromatic carbocycles. The summed E-state index contributed by atoms with van der Waals surface area (Å²) in [5, 5.41) is 16.0. The van der Waals surface area contributed by atoms with Crippen LogP contribution in [0.2, 0.25) is 0 Å². The van der Waals surface area contributed by atoms with E-state index in [1.54, 1.807) is 6.92 Å². The first-order chi connectivity index (χ1) is 9.08. The number of hydrogen-bond acceptors (Lipinski definition) is 2. The second kappa shape index (κ2) is 6.06. The highest BCUT2D eigenvalue weighted by Gasteiger charge is 2.24. The second-order valence-corrected chi connectivity index (χ2v) is 5.45. The van der Waals surface area contributed by atoms with Gasteiger partial charge in [-0.15, -0.1) is 0 Å². The molecule has 3 N–H and O–H groups in total. The Morgan fingerprint density at radius 2 is 1.95 bits per heavy atom. The second-order valence-electron chi connectivity index (χ2n) is 5.45. The van der Waals surface area contributed by atoms with Gasteiger partial charge in [0.05, 0.1) is 6.54 Å². The number of carbonyl (C=O) groups excluding carboxylic acids is 1. The molecular formula is C15H22N2O2. The smallest absolute Gasteiger partial charge is 0.315 e. The molecule has 0 saturated heterocycles. The Hall–Kier alpha value is -1.55. The van der Waals surface area contributed by atoms with Gasteiger partial charge in [-0.25, -0.2) is 4.79 Å². The van der Waals surface area contributed by atoms with Gasteiger partial charge in [-0.2, -0.15) is 0 Å².